The Morgan fingerprint density at radius 3 is 2.80 bits per heavy atom. The molecule has 0 atom stereocenters. The van der Waals surface area contributed by atoms with E-state index >= 15 is 0 Å². The molecular formula is C21H23N7OS. The van der Waals surface area contributed by atoms with Crippen LogP contribution >= 0.6 is 11.5 Å². The number of hydrogen-bond acceptors (Lipinski definition) is 7. The maximum atomic E-state index is 12.8. The van der Waals surface area contributed by atoms with Crippen LogP contribution in [0.2, 0.25) is 0 Å². The molecule has 3 aromatic rings. The standard InChI is InChI=1S/C21H23N7OS/c1-2-22-28-15-16-7-8-27(21(29)19(16)23-28)14-11-25-9-12-26(13-10-25)20-17-5-3-4-6-18(17)30-24-20/h3-6,15H,1,7-14H2. The van der Waals surface area contributed by atoms with Gasteiger partial charge in [-0.15, -0.1) is 15.0 Å². The molecule has 2 aromatic heterocycles. The van der Waals surface area contributed by atoms with Crippen molar-refractivity contribution in [2.24, 2.45) is 5.10 Å². The zero-order valence-electron chi connectivity index (χ0n) is 16.7. The SMILES string of the molecule is C=C=Nn1cc2c(n1)C(=O)N(CCN1CCN(c3nsc4ccccc34)CC1)CC2. The van der Waals surface area contributed by atoms with E-state index in [0.29, 0.717) is 5.69 Å². The van der Waals surface area contributed by atoms with Crippen molar-refractivity contribution < 1.29 is 4.79 Å². The molecular weight excluding hydrogens is 398 g/mol. The summed E-state index contributed by atoms with van der Waals surface area (Å²) >= 11 is 1.57. The van der Waals surface area contributed by atoms with Gasteiger partial charge in [-0.05, 0) is 36.7 Å². The quantitative estimate of drug-likeness (QED) is 0.589. The average molecular weight is 422 g/mol. The van der Waals surface area contributed by atoms with Crippen LogP contribution in [0.15, 0.2) is 42.1 Å². The van der Waals surface area contributed by atoms with Crippen molar-refractivity contribution in [3.8, 4) is 0 Å². The second-order valence-electron chi connectivity index (χ2n) is 7.55. The van der Waals surface area contributed by atoms with Gasteiger partial charge < -0.3 is 9.80 Å². The van der Waals surface area contributed by atoms with Crippen molar-refractivity contribution in [2.45, 2.75) is 6.42 Å². The van der Waals surface area contributed by atoms with Crippen molar-refractivity contribution in [1.82, 2.24) is 24.1 Å². The summed E-state index contributed by atoms with van der Waals surface area (Å²) in [4.78, 5) is 20.9. The summed E-state index contributed by atoms with van der Waals surface area (Å²) < 4.78 is 5.92. The molecule has 4 heterocycles. The Bertz CT molecular complexity index is 1120. The summed E-state index contributed by atoms with van der Waals surface area (Å²) in [5.74, 6) is 3.54. The van der Waals surface area contributed by atoms with Gasteiger partial charge in [-0.2, -0.15) is 4.37 Å². The van der Waals surface area contributed by atoms with Crippen molar-refractivity contribution in [1.29, 1.82) is 0 Å². The van der Waals surface area contributed by atoms with E-state index in [9.17, 15) is 4.79 Å². The molecule has 0 spiro atoms. The first kappa shape index (κ1) is 19.0. The fourth-order valence-corrected chi connectivity index (χ4v) is 4.94. The van der Waals surface area contributed by atoms with Crippen molar-refractivity contribution in [3.05, 3.63) is 48.3 Å². The Labute approximate surface area is 178 Å². The van der Waals surface area contributed by atoms with Gasteiger partial charge in [-0.3, -0.25) is 9.69 Å². The average Bonchev–Trinajstić information content (AvgIpc) is 3.38. The van der Waals surface area contributed by atoms with Crippen molar-refractivity contribution in [3.63, 3.8) is 0 Å². The molecule has 0 N–H and O–H groups in total. The summed E-state index contributed by atoms with van der Waals surface area (Å²) in [6, 6.07) is 8.41. The van der Waals surface area contributed by atoms with E-state index in [1.165, 1.54) is 14.9 Å². The van der Waals surface area contributed by atoms with Crippen LogP contribution in [0, 0.1) is 0 Å². The topological polar surface area (TPSA) is 69.9 Å². The molecule has 0 aliphatic carbocycles. The summed E-state index contributed by atoms with van der Waals surface area (Å²) in [5.41, 5.74) is 1.44. The second-order valence-corrected chi connectivity index (χ2v) is 8.36. The van der Waals surface area contributed by atoms with Gasteiger partial charge in [0.2, 0.25) is 0 Å². The first-order chi connectivity index (χ1) is 14.7. The van der Waals surface area contributed by atoms with Gasteiger partial charge in [-0.25, -0.2) is 0 Å². The molecule has 1 fully saturated rings. The number of rotatable bonds is 5. The van der Waals surface area contributed by atoms with E-state index in [1.54, 1.807) is 17.7 Å². The molecule has 0 saturated carbocycles. The number of piperazine rings is 1. The lowest BCUT2D eigenvalue weighted by molar-refractivity contribution is 0.0710. The van der Waals surface area contributed by atoms with Crippen LogP contribution < -0.4 is 4.90 Å². The molecule has 0 radical (unpaired) electrons. The highest BCUT2D eigenvalue weighted by Gasteiger charge is 2.28. The predicted octanol–water partition coefficient (Wildman–Crippen LogP) is 1.93. The van der Waals surface area contributed by atoms with Crippen LogP contribution in [-0.4, -0.2) is 81.7 Å². The zero-order chi connectivity index (χ0) is 20.5. The Morgan fingerprint density at radius 2 is 1.97 bits per heavy atom. The van der Waals surface area contributed by atoms with E-state index in [2.05, 4.69) is 61.1 Å². The van der Waals surface area contributed by atoms with Crippen LogP contribution in [0.5, 0.6) is 0 Å². The molecule has 1 saturated heterocycles. The maximum absolute atomic E-state index is 12.8. The van der Waals surface area contributed by atoms with Crippen molar-refractivity contribution >= 4 is 39.2 Å². The van der Waals surface area contributed by atoms with Crippen molar-refractivity contribution in [2.75, 3.05) is 50.7 Å². The minimum Gasteiger partial charge on any atom is -0.353 e. The Kier molecular flexibility index (Phi) is 5.08. The number of anilines is 1. The number of amides is 1. The lowest BCUT2D eigenvalue weighted by Gasteiger charge is -2.36. The van der Waals surface area contributed by atoms with Crippen LogP contribution in [0.25, 0.3) is 10.1 Å². The molecule has 2 aliphatic heterocycles. The minimum absolute atomic E-state index is 0.0122. The number of carbonyl (C=O) groups is 1. The van der Waals surface area contributed by atoms with Crippen LogP contribution in [-0.2, 0) is 6.42 Å². The molecule has 1 amide bonds. The molecule has 8 nitrogen and oxygen atoms in total. The number of nitrogens with zero attached hydrogens (tertiary/aromatic N) is 7. The van der Waals surface area contributed by atoms with Gasteiger partial charge in [0.15, 0.2) is 5.69 Å². The molecule has 2 aliphatic rings. The number of fused-ring (bicyclic) bond motifs is 2. The molecule has 30 heavy (non-hydrogen) atoms. The van der Waals surface area contributed by atoms with E-state index in [1.807, 2.05) is 4.90 Å². The highest BCUT2D eigenvalue weighted by Crippen LogP contribution is 2.29. The Hall–Kier alpha value is -3.00. The molecule has 5 rings (SSSR count). The molecule has 1 aromatic carbocycles. The molecule has 154 valence electrons. The Balaban J connectivity index is 1.16. The summed E-state index contributed by atoms with van der Waals surface area (Å²) in [6.07, 6.45) is 2.59. The highest BCUT2D eigenvalue weighted by atomic mass is 32.1. The molecule has 0 unspecified atom stereocenters. The Morgan fingerprint density at radius 1 is 1.13 bits per heavy atom. The fraction of sp³-hybridized carbons (Fsp3) is 0.381. The second kappa shape index (κ2) is 8.02. The van der Waals surface area contributed by atoms with Gasteiger partial charge in [0.25, 0.3) is 5.91 Å². The van der Waals surface area contributed by atoms with Gasteiger partial charge >= 0.3 is 0 Å². The first-order valence-corrected chi connectivity index (χ1v) is 10.9. The zero-order valence-corrected chi connectivity index (χ0v) is 17.5. The minimum atomic E-state index is -0.0122. The third-order valence-corrected chi connectivity index (χ3v) is 6.63. The number of benzene rings is 1. The van der Waals surface area contributed by atoms with Crippen LogP contribution in [0.3, 0.4) is 0 Å². The van der Waals surface area contributed by atoms with Gasteiger partial charge in [-0.1, -0.05) is 12.1 Å². The van der Waals surface area contributed by atoms with E-state index < -0.39 is 0 Å². The molecule has 9 heteroatoms. The first-order valence-electron chi connectivity index (χ1n) is 10.2. The van der Waals surface area contributed by atoms with E-state index in [4.69, 9.17) is 0 Å². The van der Waals surface area contributed by atoms with E-state index in [-0.39, 0.29) is 5.91 Å². The van der Waals surface area contributed by atoms with E-state index in [0.717, 1.165) is 63.6 Å². The number of carbonyl (C=O) groups excluding carboxylic acids is 1. The third-order valence-electron chi connectivity index (χ3n) is 5.81. The number of hydrogen-bond donors (Lipinski definition) is 0. The van der Waals surface area contributed by atoms with Crippen LogP contribution in [0.1, 0.15) is 16.1 Å². The normalized spacial score (nSPS) is 17.3. The lowest BCUT2D eigenvalue weighted by Crippen LogP contribution is -2.49. The van der Waals surface area contributed by atoms with Gasteiger partial charge in [0, 0.05) is 62.6 Å². The highest BCUT2D eigenvalue weighted by molar-refractivity contribution is 7.13. The summed E-state index contributed by atoms with van der Waals surface area (Å²) in [7, 11) is 0. The maximum Gasteiger partial charge on any atom is 0.274 e. The fourth-order valence-electron chi connectivity index (χ4n) is 4.15. The summed E-state index contributed by atoms with van der Waals surface area (Å²) in [5, 5.41) is 9.40. The predicted molar refractivity (Wildman–Crippen MR) is 119 cm³/mol. The smallest absolute Gasteiger partial charge is 0.274 e. The monoisotopic (exact) mass is 421 g/mol. The molecule has 0 bridgehead atoms. The number of aromatic nitrogens is 3. The van der Waals surface area contributed by atoms with Gasteiger partial charge in [0.1, 0.15) is 5.82 Å². The van der Waals surface area contributed by atoms with Gasteiger partial charge in [0.05, 0.1) is 10.9 Å². The largest absolute Gasteiger partial charge is 0.353 e. The lowest BCUT2D eigenvalue weighted by atomic mass is 10.1. The summed E-state index contributed by atoms with van der Waals surface area (Å²) in [6.45, 7) is 9.62. The van der Waals surface area contributed by atoms with Crippen LogP contribution in [0.4, 0.5) is 5.82 Å². The third kappa shape index (κ3) is 3.52.